The Kier molecular flexibility index (Phi) is 4.12. The second kappa shape index (κ2) is 6.44. The van der Waals surface area contributed by atoms with Crippen LogP contribution in [0.2, 0.25) is 0 Å². The molecule has 2 fully saturated rings. The van der Waals surface area contributed by atoms with Crippen LogP contribution in [0, 0.1) is 13.8 Å². The smallest absolute Gasteiger partial charge is 0.276 e. The molecular formula is C17H21N5O3. The van der Waals surface area contributed by atoms with Gasteiger partial charge in [-0.2, -0.15) is 0 Å². The number of aryl methyl sites for hydroxylation is 2. The first kappa shape index (κ1) is 16.0. The van der Waals surface area contributed by atoms with Crippen LogP contribution in [-0.4, -0.2) is 58.6 Å². The molecule has 2 aliphatic heterocycles. The number of morpholine rings is 1. The highest BCUT2D eigenvalue weighted by Crippen LogP contribution is 2.34. The molecule has 0 spiro atoms. The van der Waals surface area contributed by atoms with Crippen molar-refractivity contribution >= 4 is 11.7 Å². The molecule has 2 aromatic rings. The van der Waals surface area contributed by atoms with Gasteiger partial charge in [-0.05, 0) is 13.3 Å². The van der Waals surface area contributed by atoms with Gasteiger partial charge in [-0.1, -0.05) is 0 Å². The third kappa shape index (κ3) is 3.09. The summed E-state index contributed by atoms with van der Waals surface area (Å²) in [7, 11) is 0. The maximum atomic E-state index is 12.6. The zero-order chi connectivity index (χ0) is 17.4. The molecule has 132 valence electrons. The molecule has 2 aromatic heterocycles. The van der Waals surface area contributed by atoms with Gasteiger partial charge >= 0.3 is 0 Å². The molecule has 0 N–H and O–H groups in total. The summed E-state index contributed by atoms with van der Waals surface area (Å²) in [5.41, 5.74) is 1.23. The summed E-state index contributed by atoms with van der Waals surface area (Å²) in [6, 6.07) is 1.96. The number of hydrogen-bond donors (Lipinski definition) is 0. The number of oxazole rings is 1. The molecule has 0 bridgehead atoms. The quantitative estimate of drug-likeness (QED) is 0.835. The van der Waals surface area contributed by atoms with Gasteiger partial charge in [-0.15, -0.1) is 0 Å². The van der Waals surface area contributed by atoms with E-state index in [1.54, 1.807) is 11.8 Å². The first-order valence-corrected chi connectivity index (χ1v) is 8.53. The molecule has 2 aliphatic rings. The summed E-state index contributed by atoms with van der Waals surface area (Å²) < 4.78 is 10.6. The Morgan fingerprint density at radius 3 is 2.60 bits per heavy atom. The minimum atomic E-state index is -0.114. The lowest BCUT2D eigenvalue weighted by Gasteiger charge is -2.40. The number of carbonyl (C=O) groups excluding carboxylic acids is 1. The van der Waals surface area contributed by atoms with Gasteiger partial charge in [0.1, 0.15) is 17.9 Å². The Labute approximate surface area is 145 Å². The van der Waals surface area contributed by atoms with Gasteiger partial charge in [0.05, 0.1) is 24.9 Å². The summed E-state index contributed by atoms with van der Waals surface area (Å²) in [5, 5.41) is 0. The molecule has 4 heterocycles. The molecule has 0 aromatic carbocycles. The van der Waals surface area contributed by atoms with E-state index in [1.165, 1.54) is 6.26 Å². The van der Waals surface area contributed by atoms with Crippen molar-refractivity contribution in [2.75, 3.05) is 37.7 Å². The van der Waals surface area contributed by atoms with Crippen molar-refractivity contribution in [1.82, 2.24) is 19.9 Å². The lowest BCUT2D eigenvalue weighted by molar-refractivity contribution is 0.0444. The maximum Gasteiger partial charge on any atom is 0.276 e. The van der Waals surface area contributed by atoms with Crippen LogP contribution in [0.25, 0.3) is 0 Å². The Morgan fingerprint density at radius 2 is 1.96 bits per heavy atom. The zero-order valence-corrected chi connectivity index (χ0v) is 14.4. The van der Waals surface area contributed by atoms with Crippen LogP contribution in [0.5, 0.6) is 0 Å². The average molecular weight is 343 g/mol. The summed E-state index contributed by atoms with van der Waals surface area (Å²) in [5.74, 6) is 2.00. The topological polar surface area (TPSA) is 84.6 Å². The lowest BCUT2D eigenvalue weighted by Crippen LogP contribution is -2.46. The van der Waals surface area contributed by atoms with Crippen molar-refractivity contribution in [3.63, 3.8) is 0 Å². The number of hydrogen-bond acceptors (Lipinski definition) is 7. The van der Waals surface area contributed by atoms with Crippen LogP contribution in [0.4, 0.5) is 5.82 Å². The number of ether oxygens (including phenoxy) is 1. The third-order valence-corrected chi connectivity index (χ3v) is 4.64. The van der Waals surface area contributed by atoms with E-state index in [2.05, 4.69) is 19.9 Å². The van der Waals surface area contributed by atoms with E-state index in [0.29, 0.717) is 31.3 Å². The maximum absolute atomic E-state index is 12.6. The van der Waals surface area contributed by atoms with Gasteiger partial charge in [0.2, 0.25) is 0 Å². The summed E-state index contributed by atoms with van der Waals surface area (Å²) in [6.45, 7) is 7.37. The monoisotopic (exact) mass is 343 g/mol. The SMILES string of the molecule is Cc1nc(C2CCN2C(=O)c2coc(C)n2)cc(N2CCOCC2)n1. The van der Waals surface area contributed by atoms with Crippen LogP contribution >= 0.6 is 0 Å². The van der Waals surface area contributed by atoms with Gasteiger partial charge in [0, 0.05) is 32.6 Å². The lowest BCUT2D eigenvalue weighted by atomic mass is 9.98. The van der Waals surface area contributed by atoms with E-state index in [9.17, 15) is 4.79 Å². The minimum Gasteiger partial charge on any atom is -0.448 e. The molecule has 8 nitrogen and oxygen atoms in total. The molecule has 1 atom stereocenters. The molecule has 2 saturated heterocycles. The fourth-order valence-electron chi connectivity index (χ4n) is 3.25. The number of anilines is 1. The van der Waals surface area contributed by atoms with E-state index < -0.39 is 0 Å². The van der Waals surface area contributed by atoms with Crippen molar-refractivity contribution < 1.29 is 13.9 Å². The minimum absolute atomic E-state index is 0.0361. The fraction of sp³-hybridized carbons (Fsp3) is 0.529. The van der Waals surface area contributed by atoms with Gasteiger partial charge in [-0.25, -0.2) is 15.0 Å². The molecule has 25 heavy (non-hydrogen) atoms. The highest BCUT2D eigenvalue weighted by molar-refractivity contribution is 5.92. The van der Waals surface area contributed by atoms with Crippen molar-refractivity contribution in [3.8, 4) is 0 Å². The normalized spacial score (nSPS) is 20.5. The Balaban J connectivity index is 1.56. The molecule has 1 amide bonds. The summed E-state index contributed by atoms with van der Waals surface area (Å²) in [4.78, 5) is 29.9. The summed E-state index contributed by atoms with van der Waals surface area (Å²) >= 11 is 0. The average Bonchev–Trinajstić information content (AvgIpc) is 3.01. The second-order valence-electron chi connectivity index (χ2n) is 6.35. The molecule has 1 unspecified atom stereocenters. The predicted octanol–water partition coefficient (Wildman–Crippen LogP) is 1.51. The van der Waals surface area contributed by atoms with Crippen LogP contribution < -0.4 is 4.90 Å². The largest absolute Gasteiger partial charge is 0.448 e. The van der Waals surface area contributed by atoms with Gasteiger partial charge < -0.3 is 19.0 Å². The van der Waals surface area contributed by atoms with Crippen LogP contribution in [0.3, 0.4) is 0 Å². The second-order valence-corrected chi connectivity index (χ2v) is 6.35. The van der Waals surface area contributed by atoms with Crippen LogP contribution in [0.1, 0.15) is 40.4 Å². The molecule has 0 radical (unpaired) electrons. The number of nitrogens with zero attached hydrogens (tertiary/aromatic N) is 5. The molecule has 4 rings (SSSR count). The Morgan fingerprint density at radius 1 is 1.16 bits per heavy atom. The zero-order valence-electron chi connectivity index (χ0n) is 14.4. The highest BCUT2D eigenvalue weighted by atomic mass is 16.5. The highest BCUT2D eigenvalue weighted by Gasteiger charge is 2.36. The molecule has 0 aliphatic carbocycles. The third-order valence-electron chi connectivity index (χ3n) is 4.64. The van der Waals surface area contributed by atoms with Crippen molar-refractivity contribution in [2.24, 2.45) is 0 Å². The number of amides is 1. The number of carbonyl (C=O) groups is 1. The van der Waals surface area contributed by atoms with E-state index in [-0.39, 0.29) is 11.9 Å². The van der Waals surface area contributed by atoms with Crippen molar-refractivity contribution in [2.45, 2.75) is 26.3 Å². The van der Waals surface area contributed by atoms with Gasteiger partial charge in [0.15, 0.2) is 11.6 Å². The molecule has 8 heteroatoms. The van der Waals surface area contributed by atoms with Crippen LogP contribution in [-0.2, 0) is 4.74 Å². The number of rotatable bonds is 3. The Hall–Kier alpha value is -2.48. The fourth-order valence-corrected chi connectivity index (χ4v) is 3.25. The number of aromatic nitrogens is 3. The first-order chi connectivity index (χ1) is 12.1. The Bertz CT molecular complexity index is 784. The van der Waals surface area contributed by atoms with Crippen molar-refractivity contribution in [1.29, 1.82) is 0 Å². The van der Waals surface area contributed by atoms with Crippen molar-refractivity contribution in [3.05, 3.63) is 35.4 Å². The molecule has 0 saturated carbocycles. The predicted molar refractivity (Wildman–Crippen MR) is 89.4 cm³/mol. The van der Waals surface area contributed by atoms with Gasteiger partial charge in [-0.3, -0.25) is 4.79 Å². The first-order valence-electron chi connectivity index (χ1n) is 8.53. The van der Waals surface area contributed by atoms with Gasteiger partial charge in [0.25, 0.3) is 5.91 Å². The van der Waals surface area contributed by atoms with E-state index in [1.807, 2.05) is 13.0 Å². The number of likely N-dealkylation sites (tertiary alicyclic amines) is 1. The standard InChI is InChI=1S/C17H21N5O3/c1-11-18-13(9-16(19-11)21-5-7-24-8-6-21)15-3-4-22(15)17(23)14-10-25-12(2)20-14/h9-10,15H,3-8H2,1-2H3. The summed E-state index contributed by atoms with van der Waals surface area (Å²) in [6.07, 6.45) is 2.30. The molecular weight excluding hydrogens is 322 g/mol. The van der Waals surface area contributed by atoms with E-state index in [4.69, 9.17) is 9.15 Å². The van der Waals surface area contributed by atoms with E-state index >= 15 is 0 Å². The van der Waals surface area contributed by atoms with Crippen LogP contribution in [0.15, 0.2) is 16.7 Å². The van der Waals surface area contributed by atoms with E-state index in [0.717, 1.165) is 36.8 Å².